The zero-order chi connectivity index (χ0) is 29.8. The molecule has 4 rings (SSSR count). The number of carbonyl (C=O) groups excluding carboxylic acids is 1. The molecule has 1 aliphatic rings. The molecule has 0 amide bonds. The largest absolute Gasteiger partial charge is 0.385 e. The molecule has 9 nitrogen and oxygen atoms in total. The highest BCUT2D eigenvalue weighted by Gasteiger charge is 2.26. The summed E-state index contributed by atoms with van der Waals surface area (Å²) in [6.07, 6.45) is 3.56. The van der Waals surface area contributed by atoms with E-state index >= 15 is 0 Å². The SMILES string of the molecule is CCNc1ccc(/C(=C2\C=CC(=O)C=C2S(=O)(=O)O)c2ccc(N(CC)Cc3cccc(S(=O)(=O)O)c3)cc2)cc1. The first-order chi connectivity index (χ1) is 19.4. The second-order valence-corrected chi connectivity index (χ2v) is 12.1. The summed E-state index contributed by atoms with van der Waals surface area (Å²) >= 11 is 0. The molecule has 1 aliphatic carbocycles. The lowest BCUT2D eigenvalue weighted by Gasteiger charge is -2.24. The van der Waals surface area contributed by atoms with Crippen molar-refractivity contribution < 1.29 is 30.7 Å². The normalized spacial score (nSPS) is 14.9. The Morgan fingerprint density at radius 1 is 0.829 bits per heavy atom. The molecule has 0 aliphatic heterocycles. The van der Waals surface area contributed by atoms with E-state index in [1.807, 2.05) is 67.3 Å². The van der Waals surface area contributed by atoms with Crippen LogP contribution in [0.3, 0.4) is 0 Å². The predicted octanol–water partition coefficient (Wildman–Crippen LogP) is 5.10. The van der Waals surface area contributed by atoms with Crippen LogP contribution < -0.4 is 10.2 Å². The first-order valence-electron chi connectivity index (χ1n) is 12.8. The molecular weight excluding hydrogens is 564 g/mol. The molecule has 0 spiro atoms. The zero-order valence-corrected chi connectivity index (χ0v) is 24.1. The highest BCUT2D eigenvalue weighted by atomic mass is 32.2. The molecule has 0 saturated heterocycles. The number of hydrogen-bond acceptors (Lipinski definition) is 7. The third-order valence-electron chi connectivity index (χ3n) is 6.53. The van der Waals surface area contributed by atoms with Crippen LogP contribution in [0.5, 0.6) is 0 Å². The van der Waals surface area contributed by atoms with Crippen molar-refractivity contribution in [2.75, 3.05) is 23.3 Å². The Labute approximate surface area is 240 Å². The molecule has 0 radical (unpaired) electrons. The van der Waals surface area contributed by atoms with Crippen molar-refractivity contribution in [1.82, 2.24) is 0 Å². The number of ketones is 1. The number of allylic oxidation sites excluding steroid dienone is 4. The van der Waals surface area contributed by atoms with E-state index in [0.717, 1.165) is 24.0 Å². The highest BCUT2D eigenvalue weighted by molar-refractivity contribution is 7.90. The van der Waals surface area contributed by atoms with Crippen molar-refractivity contribution in [3.8, 4) is 0 Å². The van der Waals surface area contributed by atoms with Crippen LogP contribution in [-0.2, 0) is 31.6 Å². The van der Waals surface area contributed by atoms with Crippen LogP contribution in [0.25, 0.3) is 5.57 Å². The van der Waals surface area contributed by atoms with E-state index in [0.29, 0.717) is 35.4 Å². The second kappa shape index (κ2) is 12.2. The smallest absolute Gasteiger partial charge is 0.295 e. The van der Waals surface area contributed by atoms with Gasteiger partial charge in [-0.1, -0.05) is 36.4 Å². The van der Waals surface area contributed by atoms with Crippen molar-refractivity contribution in [2.45, 2.75) is 25.3 Å². The van der Waals surface area contributed by atoms with Gasteiger partial charge in [0.2, 0.25) is 0 Å². The fraction of sp³-hybridized carbons (Fsp3) is 0.167. The average molecular weight is 595 g/mol. The summed E-state index contributed by atoms with van der Waals surface area (Å²) < 4.78 is 67.1. The number of benzene rings is 3. The summed E-state index contributed by atoms with van der Waals surface area (Å²) in [7, 11) is -9.04. The molecule has 0 bridgehead atoms. The Kier molecular flexibility index (Phi) is 8.93. The molecule has 0 unspecified atom stereocenters. The lowest BCUT2D eigenvalue weighted by Crippen LogP contribution is -2.22. The number of nitrogens with zero attached hydrogens (tertiary/aromatic N) is 1. The van der Waals surface area contributed by atoms with Gasteiger partial charge in [-0.2, -0.15) is 16.8 Å². The van der Waals surface area contributed by atoms with Gasteiger partial charge in [-0.25, -0.2) is 0 Å². The Morgan fingerprint density at radius 2 is 1.46 bits per heavy atom. The quantitative estimate of drug-likeness (QED) is 0.273. The van der Waals surface area contributed by atoms with E-state index < -0.39 is 30.9 Å². The second-order valence-electron chi connectivity index (χ2n) is 9.30. The number of anilines is 2. The molecular formula is C30H30N2O7S2. The molecule has 41 heavy (non-hydrogen) atoms. The van der Waals surface area contributed by atoms with Crippen molar-refractivity contribution >= 4 is 43.0 Å². The van der Waals surface area contributed by atoms with Crippen LogP contribution in [0.2, 0.25) is 0 Å². The molecule has 0 fully saturated rings. The Balaban J connectivity index is 1.78. The van der Waals surface area contributed by atoms with Gasteiger partial charge in [0.15, 0.2) is 5.78 Å². The van der Waals surface area contributed by atoms with Crippen LogP contribution in [-0.4, -0.2) is 44.8 Å². The molecule has 3 N–H and O–H groups in total. The molecule has 0 saturated carbocycles. The van der Waals surface area contributed by atoms with E-state index in [4.69, 9.17) is 0 Å². The van der Waals surface area contributed by atoms with Gasteiger partial charge in [-0.05, 0) is 84.7 Å². The molecule has 0 aromatic heterocycles. The van der Waals surface area contributed by atoms with Crippen LogP contribution in [0.15, 0.2) is 106 Å². The van der Waals surface area contributed by atoms with Crippen molar-refractivity contribution in [1.29, 1.82) is 0 Å². The van der Waals surface area contributed by atoms with Gasteiger partial charge in [0.1, 0.15) is 4.91 Å². The molecule has 0 heterocycles. The van der Waals surface area contributed by atoms with Crippen molar-refractivity contribution in [3.63, 3.8) is 0 Å². The van der Waals surface area contributed by atoms with Crippen LogP contribution >= 0.6 is 0 Å². The summed E-state index contributed by atoms with van der Waals surface area (Å²) in [4.78, 5) is 13.4. The van der Waals surface area contributed by atoms with E-state index in [9.17, 15) is 30.7 Å². The monoisotopic (exact) mass is 594 g/mol. The average Bonchev–Trinajstić information content (AvgIpc) is 2.93. The fourth-order valence-electron chi connectivity index (χ4n) is 4.61. The number of nitrogens with one attached hydrogen (secondary N) is 1. The maximum absolute atomic E-state index is 12.3. The predicted molar refractivity (Wildman–Crippen MR) is 160 cm³/mol. The first-order valence-corrected chi connectivity index (χ1v) is 15.7. The summed E-state index contributed by atoms with van der Waals surface area (Å²) in [5, 5.41) is 3.21. The third-order valence-corrected chi connectivity index (χ3v) is 8.27. The van der Waals surface area contributed by atoms with Crippen molar-refractivity contribution in [3.05, 3.63) is 118 Å². The summed E-state index contributed by atoms with van der Waals surface area (Å²) in [5.74, 6) is -0.546. The van der Waals surface area contributed by atoms with Crippen LogP contribution in [0.4, 0.5) is 11.4 Å². The molecule has 214 valence electrons. The van der Waals surface area contributed by atoms with E-state index in [2.05, 4.69) is 5.32 Å². The number of carbonyl (C=O) groups is 1. The third kappa shape index (κ3) is 7.19. The minimum absolute atomic E-state index is 0.181. The van der Waals surface area contributed by atoms with Gasteiger partial charge in [-0.3, -0.25) is 13.9 Å². The summed E-state index contributed by atoms with van der Waals surface area (Å²) in [6, 6.07) is 20.8. The molecule has 3 aromatic carbocycles. The van der Waals surface area contributed by atoms with E-state index in [1.54, 1.807) is 12.1 Å². The Hall–Kier alpha value is -4.03. The minimum atomic E-state index is -4.71. The lowest BCUT2D eigenvalue weighted by molar-refractivity contribution is -0.110. The molecule has 11 heteroatoms. The number of hydrogen-bond donors (Lipinski definition) is 3. The van der Waals surface area contributed by atoms with Gasteiger partial charge in [0.05, 0.1) is 4.90 Å². The minimum Gasteiger partial charge on any atom is -0.385 e. The Morgan fingerprint density at radius 3 is 2.02 bits per heavy atom. The molecule has 3 aromatic rings. The van der Waals surface area contributed by atoms with Gasteiger partial charge < -0.3 is 10.2 Å². The zero-order valence-electron chi connectivity index (χ0n) is 22.5. The van der Waals surface area contributed by atoms with Crippen LogP contribution in [0.1, 0.15) is 30.5 Å². The Bertz CT molecular complexity index is 1760. The summed E-state index contributed by atoms with van der Waals surface area (Å²) in [6.45, 7) is 5.62. The van der Waals surface area contributed by atoms with Gasteiger partial charge in [-0.15, -0.1) is 0 Å². The lowest BCUT2D eigenvalue weighted by atomic mass is 9.90. The van der Waals surface area contributed by atoms with Crippen molar-refractivity contribution in [2.24, 2.45) is 0 Å². The van der Waals surface area contributed by atoms with E-state index in [-0.39, 0.29) is 10.5 Å². The fourth-order valence-corrected chi connectivity index (χ4v) is 5.87. The standard InChI is InChI=1S/C30H30N2O7S2/c1-3-31-24-12-8-22(9-13-24)30(28-17-16-26(33)19-29(28)41(37,38)39)23-10-14-25(15-11-23)32(4-2)20-21-6-5-7-27(18-21)40(34,35)36/h5-19,31H,3-4,20H2,1-2H3,(H,34,35,36)(H,37,38,39)/b30-28-. The van der Waals surface area contributed by atoms with E-state index in [1.165, 1.54) is 24.3 Å². The first kappa shape index (κ1) is 29.9. The number of rotatable bonds is 10. The van der Waals surface area contributed by atoms with Gasteiger partial charge in [0.25, 0.3) is 20.2 Å². The topological polar surface area (TPSA) is 141 Å². The highest BCUT2D eigenvalue weighted by Crippen LogP contribution is 2.36. The maximum atomic E-state index is 12.3. The molecule has 0 atom stereocenters. The summed E-state index contributed by atoms with van der Waals surface area (Å²) in [5.41, 5.74) is 4.42. The maximum Gasteiger partial charge on any atom is 0.295 e. The van der Waals surface area contributed by atoms with Crippen LogP contribution in [0, 0.1) is 0 Å². The van der Waals surface area contributed by atoms with Gasteiger partial charge in [0, 0.05) is 42.7 Å². The van der Waals surface area contributed by atoms with Gasteiger partial charge >= 0.3 is 0 Å².